The first-order chi connectivity index (χ1) is 9.63. The van der Waals surface area contributed by atoms with E-state index >= 15 is 0 Å². The van der Waals surface area contributed by atoms with Crippen molar-refractivity contribution in [2.75, 3.05) is 19.5 Å². The first-order valence-electron chi connectivity index (χ1n) is 6.52. The Balaban J connectivity index is 2.10. The van der Waals surface area contributed by atoms with Crippen LogP contribution in [0.2, 0.25) is 5.02 Å². The summed E-state index contributed by atoms with van der Waals surface area (Å²) >= 11 is 6.03. The van der Waals surface area contributed by atoms with E-state index < -0.39 is 0 Å². The van der Waals surface area contributed by atoms with Gasteiger partial charge in [-0.05, 0) is 18.8 Å². The fourth-order valence-corrected chi connectivity index (χ4v) is 2.49. The molecule has 1 aliphatic rings. The Morgan fingerprint density at radius 3 is 2.70 bits per heavy atom. The maximum absolute atomic E-state index is 12.0. The number of allylic oxidation sites excluding steroid dienone is 2. The van der Waals surface area contributed by atoms with Crippen LogP contribution in [0.4, 0.5) is 5.69 Å². The fraction of sp³-hybridized carbons (Fsp3) is 0.400. The summed E-state index contributed by atoms with van der Waals surface area (Å²) < 4.78 is 10.4. The van der Waals surface area contributed by atoms with Gasteiger partial charge in [-0.15, -0.1) is 0 Å². The molecule has 1 aromatic carbocycles. The van der Waals surface area contributed by atoms with Gasteiger partial charge >= 0.3 is 0 Å². The van der Waals surface area contributed by atoms with Gasteiger partial charge in [-0.3, -0.25) is 4.79 Å². The molecule has 4 nitrogen and oxygen atoms in total. The molecule has 0 spiro atoms. The summed E-state index contributed by atoms with van der Waals surface area (Å²) in [4.78, 5) is 12.0. The summed E-state index contributed by atoms with van der Waals surface area (Å²) in [5.74, 6) is 1.31. The van der Waals surface area contributed by atoms with E-state index in [1.165, 1.54) is 14.2 Å². The number of amides is 1. The first kappa shape index (κ1) is 14.7. The number of carbonyl (C=O) groups excluding carboxylic acids is 1. The van der Waals surface area contributed by atoms with Gasteiger partial charge in [0.05, 0.1) is 24.9 Å². The van der Waals surface area contributed by atoms with Crippen molar-refractivity contribution < 1.29 is 14.3 Å². The number of carbonyl (C=O) groups is 1. The Morgan fingerprint density at radius 2 is 2.10 bits per heavy atom. The van der Waals surface area contributed by atoms with E-state index in [1.807, 2.05) is 0 Å². The molecule has 0 heterocycles. The van der Waals surface area contributed by atoms with E-state index in [0.717, 1.165) is 12.8 Å². The third-order valence-corrected chi connectivity index (χ3v) is 3.60. The van der Waals surface area contributed by atoms with E-state index in [1.54, 1.807) is 12.1 Å². The molecule has 108 valence electrons. The Kier molecular flexibility index (Phi) is 4.90. The second kappa shape index (κ2) is 6.66. The van der Waals surface area contributed by atoms with Crippen molar-refractivity contribution in [2.45, 2.75) is 19.3 Å². The molecular weight excluding hydrogens is 278 g/mol. The van der Waals surface area contributed by atoms with Gasteiger partial charge in [-0.25, -0.2) is 0 Å². The van der Waals surface area contributed by atoms with Crippen LogP contribution in [-0.2, 0) is 4.79 Å². The smallest absolute Gasteiger partial charge is 0.225 e. The lowest BCUT2D eigenvalue weighted by molar-refractivity contribution is -0.116. The molecule has 1 atom stereocenters. The van der Waals surface area contributed by atoms with E-state index in [-0.39, 0.29) is 5.91 Å². The summed E-state index contributed by atoms with van der Waals surface area (Å²) in [6, 6.07) is 3.30. The number of nitrogens with one attached hydrogen (secondary N) is 1. The quantitative estimate of drug-likeness (QED) is 0.844. The second-order valence-electron chi connectivity index (χ2n) is 4.70. The minimum absolute atomic E-state index is 0.0378. The number of ether oxygens (including phenoxy) is 2. The summed E-state index contributed by atoms with van der Waals surface area (Å²) in [7, 11) is 3.07. The van der Waals surface area contributed by atoms with Gasteiger partial charge in [-0.2, -0.15) is 0 Å². The number of anilines is 1. The average molecular weight is 296 g/mol. The molecule has 5 heteroatoms. The number of halogens is 1. The molecule has 20 heavy (non-hydrogen) atoms. The summed E-state index contributed by atoms with van der Waals surface area (Å²) in [5.41, 5.74) is 0.570. The molecule has 1 N–H and O–H groups in total. The van der Waals surface area contributed by atoms with Gasteiger partial charge in [-0.1, -0.05) is 23.8 Å². The maximum Gasteiger partial charge on any atom is 0.225 e. The van der Waals surface area contributed by atoms with Gasteiger partial charge in [0.15, 0.2) is 0 Å². The van der Waals surface area contributed by atoms with Crippen LogP contribution in [0, 0.1) is 5.92 Å². The van der Waals surface area contributed by atoms with Gasteiger partial charge in [0.25, 0.3) is 0 Å². The highest BCUT2D eigenvalue weighted by atomic mass is 35.5. The number of benzene rings is 1. The first-order valence-corrected chi connectivity index (χ1v) is 6.90. The molecule has 1 amide bonds. The number of methoxy groups -OCH3 is 2. The Morgan fingerprint density at radius 1 is 1.35 bits per heavy atom. The highest BCUT2D eigenvalue weighted by molar-refractivity contribution is 6.32. The van der Waals surface area contributed by atoms with Crippen molar-refractivity contribution in [3.8, 4) is 11.5 Å². The van der Waals surface area contributed by atoms with Crippen LogP contribution in [0.25, 0.3) is 0 Å². The van der Waals surface area contributed by atoms with Gasteiger partial charge in [0, 0.05) is 18.6 Å². The lowest BCUT2D eigenvalue weighted by atomic mass is 10.0. The number of hydrogen-bond acceptors (Lipinski definition) is 3. The molecule has 1 aromatic rings. The van der Waals surface area contributed by atoms with Crippen molar-refractivity contribution in [3.63, 3.8) is 0 Å². The normalized spacial score (nSPS) is 17.1. The maximum atomic E-state index is 12.0. The van der Waals surface area contributed by atoms with Crippen molar-refractivity contribution in [2.24, 2.45) is 5.92 Å². The number of hydrogen-bond donors (Lipinski definition) is 1. The van der Waals surface area contributed by atoms with Crippen LogP contribution < -0.4 is 14.8 Å². The molecule has 0 bridgehead atoms. The van der Waals surface area contributed by atoms with Gasteiger partial charge in [0.2, 0.25) is 5.91 Å². The molecule has 0 unspecified atom stereocenters. The zero-order valence-corrected chi connectivity index (χ0v) is 12.4. The highest BCUT2D eigenvalue weighted by Crippen LogP contribution is 2.36. The van der Waals surface area contributed by atoms with Crippen LogP contribution in [0.3, 0.4) is 0 Å². The van der Waals surface area contributed by atoms with E-state index in [4.69, 9.17) is 21.1 Å². The molecule has 0 aliphatic heterocycles. The monoisotopic (exact) mass is 295 g/mol. The SMILES string of the molecule is COc1cc(NC(=O)C[C@@H]2C=CCC2)c(OC)cc1Cl. The van der Waals surface area contributed by atoms with E-state index in [0.29, 0.717) is 34.5 Å². The van der Waals surface area contributed by atoms with Gasteiger partial charge < -0.3 is 14.8 Å². The molecule has 2 rings (SSSR count). The van der Waals surface area contributed by atoms with Gasteiger partial charge in [0.1, 0.15) is 11.5 Å². The molecule has 0 saturated carbocycles. The van der Waals surface area contributed by atoms with Crippen molar-refractivity contribution in [3.05, 3.63) is 29.3 Å². The Hall–Kier alpha value is -1.68. The van der Waals surface area contributed by atoms with Crippen LogP contribution in [0.5, 0.6) is 11.5 Å². The second-order valence-corrected chi connectivity index (χ2v) is 5.11. The van der Waals surface area contributed by atoms with E-state index in [2.05, 4.69) is 17.5 Å². The van der Waals surface area contributed by atoms with Crippen molar-refractivity contribution >= 4 is 23.2 Å². The molecule has 1 aliphatic carbocycles. The number of rotatable bonds is 5. The standard InChI is InChI=1S/C15H18ClNO3/c1-19-13-9-12(14(20-2)8-11(13)16)17-15(18)7-10-5-3-4-6-10/h3,5,8-10H,4,6-7H2,1-2H3,(H,17,18)/t10-/m1/s1. The third-order valence-electron chi connectivity index (χ3n) is 3.31. The molecule has 0 aromatic heterocycles. The van der Waals surface area contributed by atoms with Crippen LogP contribution in [0.1, 0.15) is 19.3 Å². The largest absolute Gasteiger partial charge is 0.495 e. The van der Waals surface area contributed by atoms with Crippen LogP contribution in [0.15, 0.2) is 24.3 Å². The molecule has 0 fully saturated rings. The minimum Gasteiger partial charge on any atom is -0.495 e. The Labute approximate surface area is 123 Å². The predicted molar refractivity (Wildman–Crippen MR) is 79.7 cm³/mol. The van der Waals surface area contributed by atoms with E-state index in [9.17, 15) is 4.79 Å². The summed E-state index contributed by atoms with van der Waals surface area (Å²) in [6.07, 6.45) is 6.78. The summed E-state index contributed by atoms with van der Waals surface area (Å²) in [6.45, 7) is 0. The highest BCUT2D eigenvalue weighted by Gasteiger charge is 2.16. The summed E-state index contributed by atoms with van der Waals surface area (Å²) in [5, 5.41) is 3.30. The average Bonchev–Trinajstić information content (AvgIpc) is 2.92. The van der Waals surface area contributed by atoms with Crippen molar-refractivity contribution in [1.82, 2.24) is 0 Å². The molecule has 0 saturated heterocycles. The predicted octanol–water partition coefficient (Wildman–Crippen LogP) is 3.65. The fourth-order valence-electron chi connectivity index (χ4n) is 2.26. The third kappa shape index (κ3) is 3.45. The molecular formula is C15H18ClNO3. The zero-order valence-electron chi connectivity index (χ0n) is 11.6. The lowest BCUT2D eigenvalue weighted by Gasteiger charge is -2.14. The topological polar surface area (TPSA) is 47.6 Å². The van der Waals surface area contributed by atoms with Crippen LogP contribution in [-0.4, -0.2) is 20.1 Å². The molecule has 0 radical (unpaired) electrons. The zero-order chi connectivity index (χ0) is 14.5. The minimum atomic E-state index is -0.0378. The Bertz CT molecular complexity index is 528. The lowest BCUT2D eigenvalue weighted by Crippen LogP contribution is -2.15. The van der Waals surface area contributed by atoms with Crippen molar-refractivity contribution in [1.29, 1.82) is 0 Å². The van der Waals surface area contributed by atoms with Crippen LogP contribution >= 0.6 is 11.6 Å².